The van der Waals surface area contributed by atoms with Gasteiger partial charge in [0.2, 0.25) is 0 Å². The molecule has 1 N–H and O–H groups in total. The number of hydrogen-bond donors (Lipinski definition) is 1. The number of cyclic esters (lactones) is 1. The summed E-state index contributed by atoms with van der Waals surface area (Å²) in [7, 11) is 2.97. The van der Waals surface area contributed by atoms with Crippen LogP contribution < -0.4 is 9.47 Å². The summed E-state index contributed by atoms with van der Waals surface area (Å²) in [6, 6.07) is 4.96. The van der Waals surface area contributed by atoms with Crippen LogP contribution in [0.25, 0.3) is 0 Å². The molecule has 1 heterocycles. The number of aliphatic carboxylic acids is 1. The summed E-state index contributed by atoms with van der Waals surface area (Å²) in [6.07, 6.45) is -0.990. The fourth-order valence-corrected chi connectivity index (χ4v) is 2.12. The Bertz CT molecular complexity index is 510. The predicted octanol–water partition coefficient (Wildman–Crippen LogP) is 1.39. The second kappa shape index (κ2) is 5.17. The third kappa shape index (κ3) is 2.47. The van der Waals surface area contributed by atoms with Gasteiger partial charge in [-0.2, -0.15) is 0 Å². The normalized spacial score (nSPS) is 21.9. The molecule has 1 aromatic carbocycles. The highest BCUT2D eigenvalue weighted by Crippen LogP contribution is 2.41. The Morgan fingerprint density at radius 3 is 2.68 bits per heavy atom. The Labute approximate surface area is 109 Å². The molecule has 6 heteroatoms. The minimum atomic E-state index is -1.07. The van der Waals surface area contributed by atoms with Crippen molar-refractivity contribution in [3.8, 4) is 11.5 Å². The fraction of sp³-hybridized carbons (Fsp3) is 0.385. The molecule has 1 aliphatic rings. The van der Waals surface area contributed by atoms with Crippen LogP contribution in [0.15, 0.2) is 18.2 Å². The smallest absolute Gasteiger partial charge is 0.311 e. The van der Waals surface area contributed by atoms with E-state index in [1.54, 1.807) is 18.2 Å². The number of carboxylic acid groups (broad SMARTS) is 1. The number of carbonyl (C=O) groups excluding carboxylic acids is 1. The van der Waals surface area contributed by atoms with Crippen LogP contribution in [0.4, 0.5) is 0 Å². The zero-order chi connectivity index (χ0) is 14.0. The number of rotatable bonds is 4. The van der Waals surface area contributed by atoms with Gasteiger partial charge < -0.3 is 19.3 Å². The molecule has 0 bridgehead atoms. The molecule has 6 nitrogen and oxygen atoms in total. The van der Waals surface area contributed by atoms with E-state index in [2.05, 4.69) is 0 Å². The first-order valence-electron chi connectivity index (χ1n) is 5.71. The molecule has 0 aliphatic carbocycles. The van der Waals surface area contributed by atoms with Gasteiger partial charge in [-0.25, -0.2) is 0 Å². The largest absolute Gasteiger partial charge is 0.497 e. The highest BCUT2D eigenvalue weighted by atomic mass is 16.6. The van der Waals surface area contributed by atoms with E-state index in [9.17, 15) is 9.59 Å². The molecule has 102 valence electrons. The SMILES string of the molecule is COc1ccc(OC)c([C@@H]2OC(=O)C[C@H]2C(=O)O)c1. The maximum absolute atomic E-state index is 11.3. The lowest BCUT2D eigenvalue weighted by Crippen LogP contribution is -2.18. The summed E-state index contributed by atoms with van der Waals surface area (Å²) >= 11 is 0. The standard InChI is InChI=1S/C13H14O6/c1-17-7-3-4-10(18-2)8(5-7)12-9(13(15)16)6-11(14)19-12/h3-5,9,12H,6H2,1-2H3,(H,15,16)/t9-,12+/m1/s1. The van der Waals surface area contributed by atoms with Crippen LogP contribution in [0.1, 0.15) is 18.1 Å². The van der Waals surface area contributed by atoms with Gasteiger partial charge in [0.25, 0.3) is 0 Å². The average molecular weight is 266 g/mol. The molecule has 0 radical (unpaired) electrons. The van der Waals surface area contributed by atoms with Crippen molar-refractivity contribution in [1.29, 1.82) is 0 Å². The molecule has 0 amide bonds. The summed E-state index contributed by atoms with van der Waals surface area (Å²) in [6.45, 7) is 0. The molecule has 0 unspecified atom stereocenters. The number of benzene rings is 1. The Morgan fingerprint density at radius 2 is 2.11 bits per heavy atom. The topological polar surface area (TPSA) is 82.1 Å². The summed E-state index contributed by atoms with van der Waals surface area (Å²) in [5.41, 5.74) is 0.500. The van der Waals surface area contributed by atoms with Gasteiger partial charge in [0.1, 0.15) is 23.5 Å². The van der Waals surface area contributed by atoms with Crippen molar-refractivity contribution in [3.63, 3.8) is 0 Å². The van der Waals surface area contributed by atoms with Crippen molar-refractivity contribution in [3.05, 3.63) is 23.8 Å². The van der Waals surface area contributed by atoms with Gasteiger partial charge in [-0.1, -0.05) is 0 Å². The first kappa shape index (κ1) is 13.2. The Hall–Kier alpha value is -2.24. The average Bonchev–Trinajstić information content (AvgIpc) is 2.80. The van der Waals surface area contributed by atoms with Crippen molar-refractivity contribution < 1.29 is 28.9 Å². The van der Waals surface area contributed by atoms with Crippen molar-refractivity contribution in [2.24, 2.45) is 5.92 Å². The number of esters is 1. The molecule has 2 rings (SSSR count). The van der Waals surface area contributed by atoms with E-state index in [4.69, 9.17) is 19.3 Å². The van der Waals surface area contributed by atoms with Gasteiger partial charge in [0.05, 0.1) is 20.6 Å². The predicted molar refractivity (Wildman–Crippen MR) is 64.1 cm³/mol. The summed E-state index contributed by atoms with van der Waals surface area (Å²) in [4.78, 5) is 22.5. The molecule has 0 spiro atoms. The Morgan fingerprint density at radius 1 is 1.37 bits per heavy atom. The van der Waals surface area contributed by atoms with Gasteiger partial charge in [0.15, 0.2) is 0 Å². The Balaban J connectivity index is 2.43. The van der Waals surface area contributed by atoms with Crippen LogP contribution >= 0.6 is 0 Å². The highest BCUT2D eigenvalue weighted by molar-refractivity contribution is 5.83. The minimum Gasteiger partial charge on any atom is -0.497 e. The number of hydrogen-bond acceptors (Lipinski definition) is 5. The summed E-state index contributed by atoms with van der Waals surface area (Å²) < 4.78 is 15.4. The van der Waals surface area contributed by atoms with E-state index in [0.29, 0.717) is 17.1 Å². The summed E-state index contributed by atoms with van der Waals surface area (Å²) in [5.74, 6) is -1.49. The maximum Gasteiger partial charge on any atom is 0.311 e. The first-order valence-corrected chi connectivity index (χ1v) is 5.71. The second-order valence-electron chi connectivity index (χ2n) is 4.17. The quantitative estimate of drug-likeness (QED) is 0.829. The van der Waals surface area contributed by atoms with Crippen molar-refractivity contribution in [2.75, 3.05) is 14.2 Å². The van der Waals surface area contributed by atoms with Crippen molar-refractivity contribution in [1.82, 2.24) is 0 Å². The van der Waals surface area contributed by atoms with Gasteiger partial charge in [-0.15, -0.1) is 0 Å². The lowest BCUT2D eigenvalue weighted by Gasteiger charge is -2.18. The van der Waals surface area contributed by atoms with Gasteiger partial charge in [-0.3, -0.25) is 9.59 Å². The van der Waals surface area contributed by atoms with E-state index in [-0.39, 0.29) is 6.42 Å². The molecule has 1 saturated heterocycles. The molecule has 1 fully saturated rings. The zero-order valence-corrected chi connectivity index (χ0v) is 10.6. The van der Waals surface area contributed by atoms with Crippen molar-refractivity contribution >= 4 is 11.9 Å². The molecule has 0 aromatic heterocycles. The molecule has 19 heavy (non-hydrogen) atoms. The maximum atomic E-state index is 11.3. The van der Waals surface area contributed by atoms with Crippen LogP contribution in [0.2, 0.25) is 0 Å². The molecule has 1 aliphatic heterocycles. The van der Waals surface area contributed by atoms with E-state index < -0.39 is 24.0 Å². The first-order chi connectivity index (χ1) is 9.06. The third-order valence-electron chi connectivity index (χ3n) is 3.07. The lowest BCUT2D eigenvalue weighted by atomic mass is 9.94. The third-order valence-corrected chi connectivity index (χ3v) is 3.07. The molecule has 2 atom stereocenters. The molecule has 0 saturated carbocycles. The minimum absolute atomic E-state index is 0.139. The summed E-state index contributed by atoms with van der Waals surface area (Å²) in [5, 5.41) is 9.15. The van der Waals surface area contributed by atoms with Crippen LogP contribution in [-0.2, 0) is 14.3 Å². The van der Waals surface area contributed by atoms with E-state index in [1.165, 1.54) is 14.2 Å². The van der Waals surface area contributed by atoms with Gasteiger partial charge in [0, 0.05) is 5.56 Å². The zero-order valence-electron chi connectivity index (χ0n) is 10.6. The lowest BCUT2D eigenvalue weighted by molar-refractivity contribution is -0.144. The van der Waals surface area contributed by atoms with Crippen molar-refractivity contribution in [2.45, 2.75) is 12.5 Å². The number of carboxylic acids is 1. The number of methoxy groups -OCH3 is 2. The van der Waals surface area contributed by atoms with Crippen LogP contribution in [0.5, 0.6) is 11.5 Å². The van der Waals surface area contributed by atoms with Crippen LogP contribution in [0, 0.1) is 5.92 Å². The molecular formula is C13H14O6. The van der Waals surface area contributed by atoms with Gasteiger partial charge >= 0.3 is 11.9 Å². The van der Waals surface area contributed by atoms with Gasteiger partial charge in [-0.05, 0) is 18.2 Å². The highest BCUT2D eigenvalue weighted by Gasteiger charge is 2.42. The molecular weight excluding hydrogens is 252 g/mol. The number of carbonyl (C=O) groups is 2. The second-order valence-corrected chi connectivity index (χ2v) is 4.17. The van der Waals surface area contributed by atoms with E-state index in [0.717, 1.165) is 0 Å². The van der Waals surface area contributed by atoms with E-state index >= 15 is 0 Å². The monoisotopic (exact) mass is 266 g/mol. The Kier molecular flexibility index (Phi) is 3.59. The molecule has 1 aromatic rings. The van der Waals surface area contributed by atoms with Crippen LogP contribution in [0.3, 0.4) is 0 Å². The fourth-order valence-electron chi connectivity index (χ4n) is 2.12. The van der Waals surface area contributed by atoms with Crippen LogP contribution in [-0.4, -0.2) is 31.3 Å². The van der Waals surface area contributed by atoms with E-state index in [1.807, 2.05) is 0 Å². The number of ether oxygens (including phenoxy) is 3.